The Kier molecular flexibility index (Phi) is 10.0. The molecule has 0 fully saturated rings. The summed E-state index contributed by atoms with van der Waals surface area (Å²) in [5.74, 6) is 4.61. The molecule has 0 saturated heterocycles. The van der Waals surface area contributed by atoms with E-state index in [0.29, 0.717) is 0 Å². The van der Waals surface area contributed by atoms with Crippen molar-refractivity contribution in [3.8, 4) is 0 Å². The zero-order valence-corrected chi connectivity index (χ0v) is 15.2. The monoisotopic (exact) mass is 313 g/mol. The van der Waals surface area contributed by atoms with Crippen molar-refractivity contribution in [1.82, 2.24) is 5.32 Å². The molecule has 0 aromatic carbocycles. The molecule has 0 aliphatic carbocycles. The average Bonchev–Trinajstić information content (AvgIpc) is 2.17. The summed E-state index contributed by atoms with van der Waals surface area (Å²) in [6.07, 6.45) is 0. The first-order valence-electron chi connectivity index (χ1n) is 6.30. The van der Waals surface area contributed by atoms with Crippen LogP contribution in [0.3, 0.4) is 0 Å². The second-order valence-electron chi connectivity index (χ2n) is 3.75. The molecule has 1 N–H and O–H groups in total. The first-order chi connectivity index (χ1) is 7.95. The summed E-state index contributed by atoms with van der Waals surface area (Å²) in [5.41, 5.74) is 0. The molecule has 0 radical (unpaired) electrons. The Balaban J connectivity index is 4.65. The van der Waals surface area contributed by atoms with E-state index < -0.39 is 0 Å². The molecule has 0 heterocycles. The van der Waals surface area contributed by atoms with Crippen molar-refractivity contribution >= 4 is 47.0 Å². The molecule has 0 aromatic rings. The van der Waals surface area contributed by atoms with E-state index in [1.807, 2.05) is 47.0 Å². The SMILES string of the molecule is CCSC(C)(NC(C)(SCC)SCC)SCC. The smallest absolute Gasteiger partial charge is 0.110 e. The third-order valence-electron chi connectivity index (χ3n) is 2.13. The molecular weight excluding hydrogens is 286 g/mol. The Bertz CT molecular complexity index is 167. The fourth-order valence-electron chi connectivity index (χ4n) is 1.74. The zero-order valence-electron chi connectivity index (χ0n) is 12.0. The molecule has 0 saturated carbocycles. The van der Waals surface area contributed by atoms with E-state index in [2.05, 4.69) is 46.9 Å². The second kappa shape index (κ2) is 9.29. The Morgan fingerprint density at radius 2 is 0.882 bits per heavy atom. The summed E-state index contributed by atoms with van der Waals surface area (Å²) in [5, 5.41) is 3.86. The molecule has 0 unspecified atom stereocenters. The molecule has 0 atom stereocenters. The Hall–Kier alpha value is 1.36. The van der Waals surface area contributed by atoms with Gasteiger partial charge in [-0.3, -0.25) is 5.32 Å². The lowest BCUT2D eigenvalue weighted by molar-refractivity contribution is 0.611. The van der Waals surface area contributed by atoms with Crippen LogP contribution in [0, 0.1) is 0 Å². The molecule has 0 rings (SSSR count). The van der Waals surface area contributed by atoms with Crippen LogP contribution in [-0.4, -0.2) is 31.4 Å². The highest BCUT2D eigenvalue weighted by Crippen LogP contribution is 2.42. The normalized spacial score (nSPS) is 13.1. The first-order valence-corrected chi connectivity index (χ1v) is 10.2. The van der Waals surface area contributed by atoms with E-state index in [1.165, 1.54) is 0 Å². The molecule has 0 aromatic heterocycles. The van der Waals surface area contributed by atoms with Crippen molar-refractivity contribution in [1.29, 1.82) is 0 Å². The summed E-state index contributed by atoms with van der Waals surface area (Å²) in [4.78, 5) is 0. The number of nitrogens with one attached hydrogen (secondary N) is 1. The van der Waals surface area contributed by atoms with E-state index in [9.17, 15) is 0 Å². The second-order valence-corrected chi connectivity index (χ2v) is 11.0. The molecule has 5 heteroatoms. The van der Waals surface area contributed by atoms with Gasteiger partial charge in [-0.25, -0.2) is 0 Å². The minimum Gasteiger partial charge on any atom is -0.272 e. The molecule has 104 valence electrons. The first kappa shape index (κ1) is 18.4. The van der Waals surface area contributed by atoms with Crippen LogP contribution in [0.4, 0.5) is 0 Å². The largest absolute Gasteiger partial charge is 0.272 e. The molecule has 0 amide bonds. The van der Waals surface area contributed by atoms with E-state index in [0.717, 1.165) is 23.0 Å². The van der Waals surface area contributed by atoms with Gasteiger partial charge in [0.1, 0.15) is 8.41 Å². The molecule has 17 heavy (non-hydrogen) atoms. The van der Waals surface area contributed by atoms with Crippen LogP contribution >= 0.6 is 47.0 Å². The Morgan fingerprint density at radius 3 is 1.06 bits per heavy atom. The van der Waals surface area contributed by atoms with Crippen molar-refractivity contribution in [2.24, 2.45) is 0 Å². The maximum atomic E-state index is 3.86. The van der Waals surface area contributed by atoms with Crippen LogP contribution in [0.15, 0.2) is 0 Å². The molecule has 0 aliphatic heterocycles. The quantitative estimate of drug-likeness (QED) is 0.572. The van der Waals surface area contributed by atoms with Crippen molar-refractivity contribution in [3.05, 3.63) is 0 Å². The molecule has 0 spiro atoms. The van der Waals surface area contributed by atoms with Crippen molar-refractivity contribution < 1.29 is 0 Å². The summed E-state index contributed by atoms with van der Waals surface area (Å²) in [6, 6.07) is 0. The Morgan fingerprint density at radius 1 is 0.647 bits per heavy atom. The summed E-state index contributed by atoms with van der Waals surface area (Å²) in [6.45, 7) is 13.6. The van der Waals surface area contributed by atoms with Crippen LogP contribution in [0.25, 0.3) is 0 Å². The maximum Gasteiger partial charge on any atom is 0.110 e. The van der Waals surface area contributed by atoms with Crippen molar-refractivity contribution in [2.45, 2.75) is 49.9 Å². The van der Waals surface area contributed by atoms with Gasteiger partial charge < -0.3 is 0 Å². The third kappa shape index (κ3) is 7.51. The van der Waals surface area contributed by atoms with E-state index in [1.54, 1.807) is 0 Å². The molecule has 0 bridgehead atoms. The van der Waals surface area contributed by atoms with Crippen LogP contribution in [0.5, 0.6) is 0 Å². The average molecular weight is 314 g/mol. The van der Waals surface area contributed by atoms with E-state index in [-0.39, 0.29) is 8.41 Å². The number of hydrogen-bond acceptors (Lipinski definition) is 5. The third-order valence-corrected chi connectivity index (χ3v) is 7.31. The van der Waals surface area contributed by atoms with Crippen LogP contribution < -0.4 is 5.32 Å². The van der Waals surface area contributed by atoms with Crippen molar-refractivity contribution in [2.75, 3.05) is 23.0 Å². The van der Waals surface area contributed by atoms with Gasteiger partial charge in [-0.2, -0.15) is 0 Å². The van der Waals surface area contributed by atoms with Gasteiger partial charge in [0.15, 0.2) is 0 Å². The van der Waals surface area contributed by atoms with Gasteiger partial charge in [-0.15, -0.1) is 47.0 Å². The van der Waals surface area contributed by atoms with Crippen LogP contribution in [-0.2, 0) is 0 Å². The fourth-order valence-corrected chi connectivity index (χ4v) is 7.39. The number of thioether (sulfide) groups is 4. The summed E-state index contributed by atoms with van der Waals surface area (Å²) < 4.78 is 0.255. The fraction of sp³-hybridized carbons (Fsp3) is 1.00. The van der Waals surface area contributed by atoms with E-state index in [4.69, 9.17) is 0 Å². The standard InChI is InChI=1S/C12H27NS4/c1-7-14-11(5,15-8-2)13-12(6,16-9-3)17-10-4/h13H,7-10H2,1-6H3. The number of hydrogen-bond donors (Lipinski definition) is 1. The predicted octanol–water partition coefficient (Wildman–Crippen LogP) is 4.94. The lowest BCUT2D eigenvalue weighted by Crippen LogP contribution is -2.48. The van der Waals surface area contributed by atoms with Gasteiger partial charge in [0.05, 0.1) is 0 Å². The van der Waals surface area contributed by atoms with Gasteiger partial charge in [-0.05, 0) is 36.9 Å². The topological polar surface area (TPSA) is 12.0 Å². The minimum absolute atomic E-state index is 0.128. The van der Waals surface area contributed by atoms with Crippen LogP contribution in [0.2, 0.25) is 0 Å². The van der Waals surface area contributed by atoms with Crippen molar-refractivity contribution in [3.63, 3.8) is 0 Å². The van der Waals surface area contributed by atoms with Crippen LogP contribution in [0.1, 0.15) is 41.5 Å². The highest BCUT2D eigenvalue weighted by molar-refractivity contribution is 8.19. The lowest BCUT2D eigenvalue weighted by Gasteiger charge is -2.39. The predicted molar refractivity (Wildman–Crippen MR) is 92.5 cm³/mol. The zero-order chi connectivity index (χ0) is 13.4. The molecule has 1 nitrogen and oxygen atoms in total. The minimum atomic E-state index is 0.128. The maximum absolute atomic E-state index is 3.86. The lowest BCUT2D eigenvalue weighted by atomic mass is 10.6. The molecular formula is C12H27NS4. The summed E-state index contributed by atoms with van der Waals surface area (Å²) >= 11 is 8.03. The highest BCUT2D eigenvalue weighted by Gasteiger charge is 2.34. The van der Waals surface area contributed by atoms with Gasteiger partial charge in [0.2, 0.25) is 0 Å². The summed E-state index contributed by atoms with van der Waals surface area (Å²) in [7, 11) is 0. The van der Waals surface area contributed by atoms with Gasteiger partial charge in [-0.1, -0.05) is 27.7 Å². The Labute approximate surface area is 125 Å². The van der Waals surface area contributed by atoms with Gasteiger partial charge in [0, 0.05) is 0 Å². The molecule has 0 aliphatic rings. The number of rotatable bonds is 10. The van der Waals surface area contributed by atoms with E-state index >= 15 is 0 Å². The van der Waals surface area contributed by atoms with Gasteiger partial charge >= 0.3 is 0 Å². The van der Waals surface area contributed by atoms with Gasteiger partial charge in [0.25, 0.3) is 0 Å². The highest BCUT2D eigenvalue weighted by atomic mass is 32.2.